The molecule has 2 aromatic carbocycles. The number of aromatic nitrogens is 2. The second kappa shape index (κ2) is 8.15. The molecule has 1 heterocycles. The summed E-state index contributed by atoms with van der Waals surface area (Å²) in [6.07, 6.45) is 0. The standard InChI is InChI=1S/C20H20ClN3O2S/c1-11-9-12(2)17(13(3)10-11)22-18(25)14(4)27-20-24-23-19(26-20)15-5-7-16(21)8-6-15/h5-10,14H,1-4H3,(H,22,25)/t14-/m1/s1. The van der Waals surface area contributed by atoms with Crippen LogP contribution in [0, 0.1) is 20.8 Å². The van der Waals surface area contributed by atoms with Gasteiger partial charge in [-0.1, -0.05) is 41.1 Å². The number of aryl methyl sites for hydroxylation is 3. The number of benzene rings is 2. The van der Waals surface area contributed by atoms with Crippen molar-refractivity contribution >= 4 is 35.0 Å². The topological polar surface area (TPSA) is 68.0 Å². The highest BCUT2D eigenvalue weighted by Gasteiger charge is 2.20. The number of nitrogens with zero attached hydrogens (tertiary/aromatic N) is 2. The molecule has 0 spiro atoms. The van der Waals surface area contributed by atoms with Gasteiger partial charge in [-0.05, 0) is 63.1 Å². The molecule has 1 aromatic heterocycles. The third-order valence-corrected chi connectivity index (χ3v) is 5.26. The molecule has 0 saturated carbocycles. The van der Waals surface area contributed by atoms with Gasteiger partial charge in [-0.2, -0.15) is 0 Å². The van der Waals surface area contributed by atoms with Gasteiger partial charge in [-0.3, -0.25) is 4.79 Å². The summed E-state index contributed by atoms with van der Waals surface area (Å²) >= 11 is 7.12. The number of amides is 1. The van der Waals surface area contributed by atoms with Crippen molar-refractivity contribution in [2.24, 2.45) is 0 Å². The van der Waals surface area contributed by atoms with Gasteiger partial charge in [0.05, 0.1) is 5.25 Å². The molecule has 0 fully saturated rings. The summed E-state index contributed by atoms with van der Waals surface area (Å²) in [6.45, 7) is 7.83. The molecule has 0 saturated heterocycles. The first-order valence-electron chi connectivity index (χ1n) is 8.48. The van der Waals surface area contributed by atoms with Crippen LogP contribution in [0.2, 0.25) is 5.02 Å². The highest BCUT2D eigenvalue weighted by molar-refractivity contribution is 8.00. The first-order valence-corrected chi connectivity index (χ1v) is 9.74. The molecule has 0 radical (unpaired) electrons. The molecule has 3 rings (SSSR count). The van der Waals surface area contributed by atoms with Crippen LogP contribution in [0.1, 0.15) is 23.6 Å². The van der Waals surface area contributed by atoms with Gasteiger partial charge in [0.2, 0.25) is 11.8 Å². The van der Waals surface area contributed by atoms with Gasteiger partial charge in [0, 0.05) is 16.3 Å². The molecule has 0 unspecified atom stereocenters. The third-order valence-electron chi connectivity index (χ3n) is 4.07. The molecule has 0 aliphatic rings. The van der Waals surface area contributed by atoms with Crippen molar-refractivity contribution in [1.29, 1.82) is 0 Å². The van der Waals surface area contributed by atoms with Gasteiger partial charge < -0.3 is 9.73 Å². The fourth-order valence-corrected chi connectivity index (χ4v) is 3.58. The van der Waals surface area contributed by atoms with Gasteiger partial charge >= 0.3 is 0 Å². The molecule has 5 nitrogen and oxygen atoms in total. The highest BCUT2D eigenvalue weighted by Crippen LogP contribution is 2.28. The number of carbonyl (C=O) groups is 1. The Labute approximate surface area is 167 Å². The van der Waals surface area contributed by atoms with E-state index in [4.69, 9.17) is 16.0 Å². The van der Waals surface area contributed by atoms with Gasteiger partial charge in [0.15, 0.2) is 0 Å². The first-order chi connectivity index (χ1) is 12.8. The molecule has 7 heteroatoms. The van der Waals surface area contributed by atoms with Gasteiger partial charge in [0.25, 0.3) is 5.22 Å². The predicted molar refractivity (Wildman–Crippen MR) is 109 cm³/mol. The number of hydrogen-bond acceptors (Lipinski definition) is 5. The molecule has 1 atom stereocenters. The monoisotopic (exact) mass is 401 g/mol. The van der Waals surface area contributed by atoms with Crippen LogP contribution in [0.4, 0.5) is 5.69 Å². The summed E-state index contributed by atoms with van der Waals surface area (Å²) in [7, 11) is 0. The Morgan fingerprint density at radius 3 is 2.37 bits per heavy atom. The minimum atomic E-state index is -0.386. The SMILES string of the molecule is Cc1cc(C)c(NC(=O)[C@@H](C)Sc2nnc(-c3ccc(Cl)cc3)o2)c(C)c1. The van der Waals surface area contributed by atoms with Gasteiger partial charge in [-0.15, -0.1) is 10.2 Å². The van der Waals surface area contributed by atoms with Crippen LogP contribution in [0.25, 0.3) is 11.5 Å². The third kappa shape index (κ3) is 4.70. The summed E-state index contributed by atoms with van der Waals surface area (Å²) in [5.74, 6) is 0.285. The Morgan fingerprint density at radius 2 is 1.74 bits per heavy atom. The normalized spacial score (nSPS) is 12.0. The fraction of sp³-hybridized carbons (Fsp3) is 0.250. The number of carbonyl (C=O) groups excluding carboxylic acids is 1. The Bertz CT molecular complexity index is 947. The predicted octanol–water partition coefficient (Wildman–Crippen LogP) is 5.43. The lowest BCUT2D eigenvalue weighted by Gasteiger charge is -2.15. The lowest BCUT2D eigenvalue weighted by atomic mass is 10.1. The zero-order valence-corrected chi connectivity index (χ0v) is 17.1. The van der Waals surface area contributed by atoms with E-state index in [0.29, 0.717) is 16.1 Å². The lowest BCUT2D eigenvalue weighted by molar-refractivity contribution is -0.115. The molecule has 0 bridgehead atoms. The number of anilines is 1. The minimum absolute atomic E-state index is 0.110. The van der Waals surface area contributed by atoms with Crippen LogP contribution >= 0.6 is 23.4 Å². The van der Waals surface area contributed by atoms with Crippen LogP contribution in [0.15, 0.2) is 46.0 Å². The Balaban J connectivity index is 1.68. The van der Waals surface area contributed by atoms with Crippen molar-refractivity contribution in [2.75, 3.05) is 5.32 Å². The van der Waals surface area contributed by atoms with E-state index in [1.54, 1.807) is 12.1 Å². The number of halogens is 1. The van der Waals surface area contributed by atoms with E-state index in [9.17, 15) is 4.79 Å². The Morgan fingerprint density at radius 1 is 1.11 bits per heavy atom. The maximum absolute atomic E-state index is 12.6. The van der Waals surface area contributed by atoms with E-state index in [1.807, 2.05) is 39.8 Å². The van der Waals surface area contributed by atoms with E-state index in [0.717, 1.165) is 22.4 Å². The fourth-order valence-electron chi connectivity index (χ4n) is 2.77. The van der Waals surface area contributed by atoms with Crippen LogP contribution in [0.3, 0.4) is 0 Å². The average Bonchev–Trinajstić information content (AvgIpc) is 3.07. The summed E-state index contributed by atoms with van der Waals surface area (Å²) in [6, 6.07) is 11.2. The quantitative estimate of drug-likeness (QED) is 0.577. The second-order valence-corrected chi connectivity index (χ2v) is 8.13. The molecule has 140 valence electrons. The maximum atomic E-state index is 12.6. The molecule has 0 aliphatic heterocycles. The van der Waals surface area contributed by atoms with Crippen LogP contribution in [0.5, 0.6) is 0 Å². The van der Waals surface area contributed by atoms with Crippen molar-refractivity contribution < 1.29 is 9.21 Å². The van der Waals surface area contributed by atoms with Crippen LogP contribution in [-0.4, -0.2) is 21.4 Å². The van der Waals surface area contributed by atoms with E-state index in [1.165, 1.54) is 17.3 Å². The average molecular weight is 402 g/mol. The van der Waals surface area contributed by atoms with Crippen molar-refractivity contribution in [3.63, 3.8) is 0 Å². The molecule has 1 amide bonds. The molecule has 0 aliphatic carbocycles. The van der Waals surface area contributed by atoms with Crippen molar-refractivity contribution in [3.8, 4) is 11.5 Å². The highest BCUT2D eigenvalue weighted by atomic mass is 35.5. The number of hydrogen-bond donors (Lipinski definition) is 1. The lowest BCUT2D eigenvalue weighted by Crippen LogP contribution is -2.23. The molecular formula is C20H20ClN3O2S. The van der Waals surface area contributed by atoms with Gasteiger partial charge in [-0.25, -0.2) is 0 Å². The summed E-state index contributed by atoms with van der Waals surface area (Å²) < 4.78 is 5.66. The maximum Gasteiger partial charge on any atom is 0.277 e. The van der Waals surface area contributed by atoms with Crippen molar-refractivity contribution in [3.05, 3.63) is 58.1 Å². The first kappa shape index (κ1) is 19.5. The van der Waals surface area contributed by atoms with E-state index >= 15 is 0 Å². The number of thioether (sulfide) groups is 1. The molecule has 27 heavy (non-hydrogen) atoms. The summed E-state index contributed by atoms with van der Waals surface area (Å²) in [4.78, 5) is 12.6. The Hall–Kier alpha value is -2.31. The van der Waals surface area contributed by atoms with Crippen molar-refractivity contribution in [2.45, 2.75) is 38.2 Å². The minimum Gasteiger partial charge on any atom is -0.411 e. The van der Waals surface area contributed by atoms with E-state index in [-0.39, 0.29) is 11.2 Å². The zero-order chi connectivity index (χ0) is 19.6. The summed E-state index contributed by atoms with van der Waals surface area (Å²) in [5.41, 5.74) is 4.89. The second-order valence-electron chi connectivity index (χ2n) is 6.40. The van der Waals surface area contributed by atoms with Crippen molar-refractivity contribution in [1.82, 2.24) is 10.2 Å². The zero-order valence-electron chi connectivity index (χ0n) is 15.5. The number of rotatable bonds is 5. The van der Waals surface area contributed by atoms with Crippen LogP contribution in [-0.2, 0) is 4.79 Å². The molecule has 3 aromatic rings. The smallest absolute Gasteiger partial charge is 0.277 e. The van der Waals surface area contributed by atoms with Gasteiger partial charge in [0.1, 0.15) is 0 Å². The molecule has 1 N–H and O–H groups in total. The molecular weight excluding hydrogens is 382 g/mol. The largest absolute Gasteiger partial charge is 0.411 e. The van der Waals surface area contributed by atoms with E-state index in [2.05, 4.69) is 27.6 Å². The number of nitrogens with one attached hydrogen (secondary N) is 1. The Kier molecular flexibility index (Phi) is 5.87. The van der Waals surface area contributed by atoms with Crippen LogP contribution < -0.4 is 5.32 Å². The summed E-state index contributed by atoms with van der Waals surface area (Å²) in [5, 5.41) is 11.7. The van der Waals surface area contributed by atoms with E-state index < -0.39 is 0 Å².